The Kier molecular flexibility index (Phi) is 80.4. The minimum absolute atomic E-state index is 0.332. The summed E-state index contributed by atoms with van der Waals surface area (Å²) in [5.74, 6) is -1.33. The van der Waals surface area contributed by atoms with E-state index in [2.05, 4.69) is 38.2 Å². The van der Waals surface area contributed by atoms with Gasteiger partial charge in [0.25, 0.3) is 0 Å². The standard InChI is InChI=1S/2C18H34O2.4C3H8O3/c2*1-2-3-4-5-6-7-8-9-10-11-12-13-14-15-16-17-18(19)20;4*4-1-3(6)2-5/h2*9-10H,2-8,11-17H2,1H3,(H,19,20);4*3-6H,1-2H2/b2*10-9-;;;;. The molecule has 0 aromatic rings. The number of hydrogen-bond acceptors (Lipinski definition) is 14. The molecular weight excluding hydrogens is 833 g/mol. The van der Waals surface area contributed by atoms with E-state index in [-0.39, 0.29) is 52.9 Å². The first-order valence-electron chi connectivity index (χ1n) is 24.1. The molecule has 0 atom stereocenters. The molecule has 388 valence electrons. The van der Waals surface area contributed by atoms with Crippen LogP contribution in [-0.4, -0.2) is 161 Å². The molecule has 0 aromatic heterocycles. The molecule has 14 N–H and O–H groups in total. The summed E-state index contributed by atoms with van der Waals surface area (Å²) in [6.07, 6.45) is 38.7. The van der Waals surface area contributed by atoms with Crippen molar-refractivity contribution >= 4 is 11.9 Å². The molecule has 0 spiro atoms. The first kappa shape index (κ1) is 73.5. The highest BCUT2D eigenvalue weighted by atomic mass is 16.4. The van der Waals surface area contributed by atoms with E-state index in [1.54, 1.807) is 0 Å². The van der Waals surface area contributed by atoms with Crippen LogP contribution in [0.25, 0.3) is 0 Å². The predicted octanol–water partition coefficient (Wildman–Crippen LogP) is 5.54. The maximum absolute atomic E-state index is 10.3. The number of aliphatic hydroxyl groups is 12. The molecule has 0 aliphatic heterocycles. The summed E-state index contributed by atoms with van der Waals surface area (Å²) in [7, 11) is 0. The van der Waals surface area contributed by atoms with Crippen molar-refractivity contribution in [1.29, 1.82) is 0 Å². The van der Waals surface area contributed by atoms with E-state index in [9.17, 15) is 9.59 Å². The van der Waals surface area contributed by atoms with Gasteiger partial charge in [-0.2, -0.15) is 0 Å². The minimum Gasteiger partial charge on any atom is -0.481 e. The Morgan fingerprint density at radius 1 is 0.312 bits per heavy atom. The summed E-state index contributed by atoms with van der Waals surface area (Å²) in [6, 6.07) is 0. The summed E-state index contributed by atoms with van der Waals surface area (Å²) in [4.78, 5) is 20.6. The fourth-order valence-electron chi connectivity index (χ4n) is 4.92. The number of rotatable bonds is 38. The molecular formula is C48H100O16. The first-order chi connectivity index (χ1) is 30.8. The molecule has 0 fully saturated rings. The van der Waals surface area contributed by atoms with E-state index >= 15 is 0 Å². The Bertz CT molecular complexity index is 788. The van der Waals surface area contributed by atoms with Crippen LogP contribution in [0.2, 0.25) is 0 Å². The lowest BCUT2D eigenvalue weighted by atomic mass is 10.1. The third-order valence-electron chi connectivity index (χ3n) is 8.99. The highest BCUT2D eigenvalue weighted by Gasteiger charge is 1.98. The van der Waals surface area contributed by atoms with Crippen molar-refractivity contribution in [1.82, 2.24) is 0 Å². The van der Waals surface area contributed by atoms with Crippen molar-refractivity contribution in [3.63, 3.8) is 0 Å². The number of allylic oxidation sites excluding steroid dienone is 4. The second-order valence-corrected chi connectivity index (χ2v) is 15.5. The van der Waals surface area contributed by atoms with E-state index in [4.69, 9.17) is 71.5 Å². The molecule has 0 aliphatic rings. The molecule has 64 heavy (non-hydrogen) atoms. The molecule has 16 heteroatoms. The van der Waals surface area contributed by atoms with Gasteiger partial charge in [0.2, 0.25) is 0 Å². The van der Waals surface area contributed by atoms with Gasteiger partial charge in [-0.1, -0.05) is 141 Å². The number of aliphatic carboxylic acids is 2. The van der Waals surface area contributed by atoms with E-state index < -0.39 is 36.4 Å². The van der Waals surface area contributed by atoms with E-state index in [0.717, 1.165) is 25.7 Å². The maximum Gasteiger partial charge on any atom is 0.303 e. The lowest BCUT2D eigenvalue weighted by Gasteiger charge is -1.99. The fourth-order valence-corrected chi connectivity index (χ4v) is 4.92. The zero-order valence-electron chi connectivity index (χ0n) is 40.2. The Balaban J connectivity index is -0.000000175. The summed E-state index contributed by atoms with van der Waals surface area (Å²) in [5.41, 5.74) is 0. The molecule has 0 aromatic carbocycles. The van der Waals surface area contributed by atoms with Crippen LogP contribution in [0.3, 0.4) is 0 Å². The van der Waals surface area contributed by atoms with Crippen molar-refractivity contribution in [2.75, 3.05) is 52.9 Å². The molecule has 0 rings (SSSR count). The van der Waals surface area contributed by atoms with E-state index in [1.165, 1.54) is 141 Å². The summed E-state index contributed by atoms with van der Waals surface area (Å²) < 4.78 is 0. The highest BCUT2D eigenvalue weighted by molar-refractivity contribution is 5.66. The predicted molar refractivity (Wildman–Crippen MR) is 255 cm³/mol. The number of carboxylic acid groups (broad SMARTS) is 2. The van der Waals surface area contributed by atoms with Crippen LogP contribution in [0.15, 0.2) is 24.3 Å². The van der Waals surface area contributed by atoms with Gasteiger partial charge >= 0.3 is 11.9 Å². The Labute approximate surface area is 387 Å². The van der Waals surface area contributed by atoms with E-state index in [0.29, 0.717) is 12.8 Å². The number of carbonyl (C=O) groups is 2. The van der Waals surface area contributed by atoms with Gasteiger partial charge in [0, 0.05) is 12.8 Å². The van der Waals surface area contributed by atoms with Crippen LogP contribution >= 0.6 is 0 Å². The monoisotopic (exact) mass is 933 g/mol. The second-order valence-electron chi connectivity index (χ2n) is 15.5. The van der Waals surface area contributed by atoms with E-state index in [1.807, 2.05) is 0 Å². The quantitative estimate of drug-likeness (QED) is 0.0267. The Morgan fingerprint density at radius 2 is 0.484 bits per heavy atom. The van der Waals surface area contributed by atoms with Gasteiger partial charge in [-0.25, -0.2) is 0 Å². The second kappa shape index (κ2) is 70.0. The maximum atomic E-state index is 10.3. The largest absolute Gasteiger partial charge is 0.481 e. The first-order valence-corrected chi connectivity index (χ1v) is 24.1. The van der Waals surface area contributed by atoms with Crippen LogP contribution in [0.1, 0.15) is 194 Å². The van der Waals surface area contributed by atoms with Gasteiger partial charge < -0.3 is 71.5 Å². The molecule has 0 radical (unpaired) electrons. The highest BCUT2D eigenvalue weighted by Crippen LogP contribution is 2.11. The Hall–Kier alpha value is -2.06. The van der Waals surface area contributed by atoms with Crippen LogP contribution in [0.5, 0.6) is 0 Å². The van der Waals surface area contributed by atoms with Crippen LogP contribution in [0.4, 0.5) is 0 Å². The molecule has 0 bridgehead atoms. The van der Waals surface area contributed by atoms with Crippen molar-refractivity contribution in [2.45, 2.75) is 218 Å². The van der Waals surface area contributed by atoms with Gasteiger partial charge in [0.1, 0.15) is 24.4 Å². The molecule has 0 aliphatic carbocycles. The molecule has 0 heterocycles. The summed E-state index contributed by atoms with van der Waals surface area (Å²) in [5, 5.41) is 113. The molecule has 0 saturated heterocycles. The van der Waals surface area contributed by atoms with Gasteiger partial charge in [-0.05, 0) is 64.2 Å². The Morgan fingerprint density at radius 3 is 0.641 bits per heavy atom. The third kappa shape index (κ3) is 90.6. The summed E-state index contributed by atoms with van der Waals surface area (Å²) >= 11 is 0. The van der Waals surface area contributed by atoms with Gasteiger partial charge in [0.05, 0.1) is 52.9 Å². The normalized spacial score (nSPS) is 10.8. The lowest BCUT2D eigenvalue weighted by molar-refractivity contribution is -0.138. The van der Waals surface area contributed by atoms with Crippen molar-refractivity contribution in [3.05, 3.63) is 24.3 Å². The molecule has 0 amide bonds. The third-order valence-corrected chi connectivity index (χ3v) is 8.99. The van der Waals surface area contributed by atoms with Crippen LogP contribution in [0, 0.1) is 0 Å². The minimum atomic E-state index is -0.954. The van der Waals surface area contributed by atoms with Crippen molar-refractivity contribution < 1.29 is 81.1 Å². The molecule has 16 nitrogen and oxygen atoms in total. The molecule has 0 unspecified atom stereocenters. The average Bonchev–Trinajstić information content (AvgIpc) is 3.31. The van der Waals surface area contributed by atoms with Gasteiger partial charge in [-0.3, -0.25) is 9.59 Å². The lowest BCUT2D eigenvalue weighted by Crippen LogP contribution is -2.15. The van der Waals surface area contributed by atoms with Crippen LogP contribution in [-0.2, 0) is 9.59 Å². The number of aliphatic hydroxyl groups excluding tert-OH is 12. The zero-order chi connectivity index (χ0) is 49.7. The van der Waals surface area contributed by atoms with Gasteiger partial charge in [0.15, 0.2) is 0 Å². The fraction of sp³-hybridized carbons (Fsp3) is 0.875. The molecule has 0 saturated carbocycles. The average molecular weight is 933 g/mol. The number of carboxylic acids is 2. The van der Waals surface area contributed by atoms with Crippen molar-refractivity contribution in [2.24, 2.45) is 0 Å². The smallest absolute Gasteiger partial charge is 0.303 e. The SMILES string of the molecule is CCCCCCCC/C=C\CCCCCCCC(=O)O.CCCCCCCC/C=C\CCCCCCCC(=O)O.OCC(O)CO.OCC(O)CO.OCC(O)CO.OCC(O)CO. The van der Waals surface area contributed by atoms with Gasteiger partial charge in [-0.15, -0.1) is 0 Å². The van der Waals surface area contributed by atoms with Crippen LogP contribution < -0.4 is 0 Å². The summed E-state index contributed by atoms with van der Waals surface area (Å²) in [6.45, 7) is 1.60. The number of unbranched alkanes of at least 4 members (excludes halogenated alkanes) is 22. The topological polar surface area (TPSA) is 317 Å². The zero-order valence-corrected chi connectivity index (χ0v) is 40.2. The number of hydrogen-bond donors (Lipinski definition) is 14. The van der Waals surface area contributed by atoms with Crippen molar-refractivity contribution in [3.8, 4) is 0 Å².